The Bertz CT molecular complexity index is 693. The van der Waals surface area contributed by atoms with Crippen LogP contribution in [0.25, 0.3) is 10.9 Å². The molecule has 0 amide bonds. The summed E-state index contributed by atoms with van der Waals surface area (Å²) in [6.07, 6.45) is 0. The third-order valence-corrected chi connectivity index (χ3v) is 3.06. The molecule has 0 spiro atoms. The Balaban J connectivity index is 2.83. The largest absolute Gasteiger partial charge is 0.465 e. The molecule has 1 heterocycles. The van der Waals surface area contributed by atoms with Gasteiger partial charge in [0.15, 0.2) is 0 Å². The zero-order valence-corrected chi connectivity index (χ0v) is 10.7. The van der Waals surface area contributed by atoms with E-state index in [1.165, 1.54) is 7.11 Å². The van der Waals surface area contributed by atoms with Crippen LogP contribution in [0.15, 0.2) is 18.2 Å². The normalized spacial score (nSPS) is 10.1. The molecule has 1 aromatic heterocycles. The summed E-state index contributed by atoms with van der Waals surface area (Å²) in [7, 11) is 1.23. The van der Waals surface area contributed by atoms with Crippen LogP contribution in [0.4, 0.5) is 0 Å². The summed E-state index contributed by atoms with van der Waals surface area (Å²) < 4.78 is 4.59. The van der Waals surface area contributed by atoms with E-state index < -0.39 is 5.97 Å². The highest BCUT2D eigenvalue weighted by Crippen LogP contribution is 2.31. The number of esters is 1. The van der Waals surface area contributed by atoms with Gasteiger partial charge in [0, 0.05) is 5.39 Å². The number of nitriles is 1. The van der Waals surface area contributed by atoms with Gasteiger partial charge in [-0.1, -0.05) is 23.2 Å². The maximum atomic E-state index is 11.6. The van der Waals surface area contributed by atoms with Crippen molar-refractivity contribution in [2.24, 2.45) is 0 Å². The van der Waals surface area contributed by atoms with Crippen LogP contribution in [0.2, 0.25) is 10.2 Å². The number of halogens is 2. The van der Waals surface area contributed by atoms with E-state index in [9.17, 15) is 4.79 Å². The molecule has 0 N–H and O–H groups in total. The van der Waals surface area contributed by atoms with Gasteiger partial charge in [-0.15, -0.1) is 0 Å². The molecule has 0 saturated carbocycles. The van der Waals surface area contributed by atoms with Crippen molar-refractivity contribution >= 4 is 40.1 Å². The lowest BCUT2D eigenvalue weighted by Crippen LogP contribution is -2.05. The van der Waals surface area contributed by atoms with Gasteiger partial charge in [-0.3, -0.25) is 0 Å². The SMILES string of the molecule is COC(=O)c1c(Cl)nc2ccc(C#N)cc2c1Cl. The van der Waals surface area contributed by atoms with E-state index in [4.69, 9.17) is 28.5 Å². The lowest BCUT2D eigenvalue weighted by atomic mass is 10.1. The van der Waals surface area contributed by atoms with Crippen LogP contribution in [0.5, 0.6) is 0 Å². The minimum atomic E-state index is -0.665. The Morgan fingerprint density at radius 3 is 2.78 bits per heavy atom. The van der Waals surface area contributed by atoms with E-state index >= 15 is 0 Å². The molecular formula is C12H6Cl2N2O2. The zero-order chi connectivity index (χ0) is 13.3. The summed E-state index contributed by atoms with van der Waals surface area (Å²) in [5.74, 6) is -0.665. The number of hydrogen-bond donors (Lipinski definition) is 0. The van der Waals surface area contributed by atoms with Gasteiger partial charge in [-0.05, 0) is 18.2 Å². The molecule has 90 valence electrons. The predicted octanol–water partition coefficient (Wildman–Crippen LogP) is 3.20. The van der Waals surface area contributed by atoms with Gasteiger partial charge in [0.25, 0.3) is 0 Å². The van der Waals surface area contributed by atoms with Crippen LogP contribution >= 0.6 is 23.2 Å². The number of hydrogen-bond acceptors (Lipinski definition) is 4. The lowest BCUT2D eigenvalue weighted by molar-refractivity contribution is 0.0601. The molecule has 0 fully saturated rings. The number of nitrogens with zero attached hydrogens (tertiary/aromatic N) is 2. The van der Waals surface area contributed by atoms with Crippen LogP contribution in [0.3, 0.4) is 0 Å². The first-order valence-electron chi connectivity index (χ1n) is 4.85. The molecule has 1 aromatic carbocycles. The van der Waals surface area contributed by atoms with Crippen molar-refractivity contribution in [3.63, 3.8) is 0 Å². The van der Waals surface area contributed by atoms with Gasteiger partial charge in [0.2, 0.25) is 0 Å². The fourth-order valence-electron chi connectivity index (χ4n) is 1.54. The molecule has 18 heavy (non-hydrogen) atoms. The number of ether oxygens (including phenoxy) is 1. The lowest BCUT2D eigenvalue weighted by Gasteiger charge is -2.07. The van der Waals surface area contributed by atoms with Gasteiger partial charge in [-0.2, -0.15) is 5.26 Å². The van der Waals surface area contributed by atoms with Crippen molar-refractivity contribution < 1.29 is 9.53 Å². The molecule has 0 bridgehead atoms. The van der Waals surface area contributed by atoms with E-state index in [1.54, 1.807) is 18.2 Å². The highest BCUT2D eigenvalue weighted by atomic mass is 35.5. The van der Waals surface area contributed by atoms with Crippen LogP contribution in [0, 0.1) is 11.3 Å². The zero-order valence-electron chi connectivity index (χ0n) is 9.20. The van der Waals surface area contributed by atoms with Gasteiger partial charge in [0.05, 0.1) is 29.3 Å². The number of fused-ring (bicyclic) bond motifs is 1. The van der Waals surface area contributed by atoms with Crippen molar-refractivity contribution in [1.29, 1.82) is 5.26 Å². The quantitative estimate of drug-likeness (QED) is 0.594. The number of carbonyl (C=O) groups excluding carboxylic acids is 1. The van der Waals surface area contributed by atoms with E-state index in [2.05, 4.69) is 9.72 Å². The standard InChI is InChI=1S/C12H6Cl2N2O2/c1-18-12(17)9-10(13)7-4-6(5-15)2-3-8(7)16-11(9)14/h2-4H,1H3. The van der Waals surface area contributed by atoms with Crippen LogP contribution in [-0.2, 0) is 4.74 Å². The second-order valence-corrected chi connectivity index (χ2v) is 4.16. The van der Waals surface area contributed by atoms with E-state index in [-0.39, 0.29) is 15.7 Å². The first kappa shape index (κ1) is 12.6. The van der Waals surface area contributed by atoms with Gasteiger partial charge < -0.3 is 4.74 Å². The minimum Gasteiger partial charge on any atom is -0.465 e. The number of benzene rings is 1. The summed E-state index contributed by atoms with van der Waals surface area (Å²) in [4.78, 5) is 15.6. The number of rotatable bonds is 1. The van der Waals surface area contributed by atoms with Crippen molar-refractivity contribution in [3.05, 3.63) is 39.5 Å². The highest BCUT2D eigenvalue weighted by Gasteiger charge is 2.19. The summed E-state index contributed by atoms with van der Waals surface area (Å²) in [5, 5.41) is 9.43. The van der Waals surface area contributed by atoms with E-state index in [1.807, 2.05) is 6.07 Å². The monoisotopic (exact) mass is 280 g/mol. The van der Waals surface area contributed by atoms with Crippen molar-refractivity contribution in [2.45, 2.75) is 0 Å². The van der Waals surface area contributed by atoms with E-state index in [0.717, 1.165) is 0 Å². The van der Waals surface area contributed by atoms with Crippen molar-refractivity contribution in [1.82, 2.24) is 4.98 Å². The first-order chi connectivity index (χ1) is 8.58. The first-order valence-corrected chi connectivity index (χ1v) is 5.61. The fraction of sp³-hybridized carbons (Fsp3) is 0.0833. The van der Waals surface area contributed by atoms with Gasteiger partial charge >= 0.3 is 5.97 Å². The molecule has 0 atom stereocenters. The molecule has 0 aliphatic rings. The van der Waals surface area contributed by atoms with Gasteiger partial charge in [0.1, 0.15) is 10.7 Å². The summed E-state index contributed by atoms with van der Waals surface area (Å²) in [6, 6.07) is 6.75. The Morgan fingerprint density at radius 1 is 1.44 bits per heavy atom. The minimum absolute atomic E-state index is 0.00317. The molecule has 6 heteroatoms. The summed E-state index contributed by atoms with van der Waals surface area (Å²) in [5.41, 5.74) is 0.935. The smallest absolute Gasteiger partial charge is 0.342 e. The maximum absolute atomic E-state index is 11.6. The molecule has 0 unspecified atom stereocenters. The fourth-order valence-corrected chi connectivity index (χ4v) is 2.17. The van der Waals surface area contributed by atoms with Crippen LogP contribution in [-0.4, -0.2) is 18.1 Å². The molecule has 0 aliphatic carbocycles. The third-order valence-electron chi connectivity index (χ3n) is 2.40. The number of pyridine rings is 1. The Hall–Kier alpha value is -1.83. The molecule has 0 radical (unpaired) electrons. The Labute approximate surface area is 113 Å². The predicted molar refractivity (Wildman–Crippen MR) is 67.8 cm³/mol. The second-order valence-electron chi connectivity index (χ2n) is 3.43. The molecular weight excluding hydrogens is 275 g/mol. The summed E-state index contributed by atoms with van der Waals surface area (Å²) >= 11 is 12.0. The Kier molecular flexibility index (Phi) is 3.37. The van der Waals surface area contributed by atoms with E-state index in [0.29, 0.717) is 16.5 Å². The molecule has 0 saturated heterocycles. The highest BCUT2D eigenvalue weighted by molar-refractivity contribution is 6.42. The topological polar surface area (TPSA) is 63.0 Å². The third kappa shape index (κ3) is 1.99. The number of carbonyl (C=O) groups is 1. The van der Waals surface area contributed by atoms with Crippen LogP contribution < -0.4 is 0 Å². The average molecular weight is 281 g/mol. The maximum Gasteiger partial charge on any atom is 0.342 e. The number of aromatic nitrogens is 1. The second kappa shape index (κ2) is 4.81. The van der Waals surface area contributed by atoms with Crippen molar-refractivity contribution in [3.8, 4) is 6.07 Å². The van der Waals surface area contributed by atoms with Crippen molar-refractivity contribution in [2.75, 3.05) is 7.11 Å². The van der Waals surface area contributed by atoms with Gasteiger partial charge in [-0.25, -0.2) is 9.78 Å². The Morgan fingerprint density at radius 2 is 2.17 bits per heavy atom. The summed E-state index contributed by atoms with van der Waals surface area (Å²) in [6.45, 7) is 0. The number of methoxy groups -OCH3 is 1. The molecule has 0 aliphatic heterocycles. The molecule has 2 rings (SSSR count). The molecule has 4 nitrogen and oxygen atoms in total. The molecule has 2 aromatic rings. The van der Waals surface area contributed by atoms with Crippen LogP contribution in [0.1, 0.15) is 15.9 Å². The average Bonchev–Trinajstić information content (AvgIpc) is 2.38.